The van der Waals surface area contributed by atoms with E-state index in [1.165, 1.54) is 18.9 Å². The molecule has 0 aliphatic rings. The van der Waals surface area contributed by atoms with E-state index in [4.69, 9.17) is 4.74 Å². The summed E-state index contributed by atoms with van der Waals surface area (Å²) >= 11 is 1.47. The molecule has 1 aromatic rings. The molecule has 0 bridgehead atoms. The van der Waals surface area contributed by atoms with Gasteiger partial charge < -0.3 is 10.1 Å². The molecule has 0 amide bonds. The van der Waals surface area contributed by atoms with Gasteiger partial charge in [0.15, 0.2) is 5.16 Å². The van der Waals surface area contributed by atoms with Gasteiger partial charge in [0, 0.05) is 17.1 Å². The lowest BCUT2D eigenvalue weighted by atomic mass is 10.3. The molecule has 1 aromatic heterocycles. The van der Waals surface area contributed by atoms with Crippen LogP contribution in [0.25, 0.3) is 0 Å². The fraction of sp³-hybridized carbons (Fsp3) is 0.615. The number of thioether (sulfide) groups is 1. The van der Waals surface area contributed by atoms with Crippen molar-refractivity contribution in [1.29, 1.82) is 0 Å². The second-order valence-corrected chi connectivity index (χ2v) is 5.26. The smallest absolute Gasteiger partial charge is 0.323 e. The fourth-order valence-corrected chi connectivity index (χ4v) is 2.57. The van der Waals surface area contributed by atoms with E-state index in [0.717, 1.165) is 24.4 Å². The van der Waals surface area contributed by atoms with Crippen LogP contribution < -0.4 is 5.32 Å². The molecular weight excluding hydrogens is 262 g/mol. The van der Waals surface area contributed by atoms with Crippen LogP contribution >= 0.6 is 11.8 Å². The molecule has 1 atom stereocenters. The summed E-state index contributed by atoms with van der Waals surface area (Å²) in [4.78, 5) is 20.3. The first-order chi connectivity index (χ1) is 9.06. The molecule has 6 heteroatoms. The molecule has 0 radical (unpaired) electrons. The summed E-state index contributed by atoms with van der Waals surface area (Å²) in [6.45, 7) is 6.72. The number of methoxy groups -OCH3 is 1. The quantitative estimate of drug-likeness (QED) is 0.467. The Hall–Kier alpha value is -1.14. The number of hydrogen-bond donors (Lipinski definition) is 1. The van der Waals surface area contributed by atoms with Crippen molar-refractivity contribution in [3.05, 3.63) is 17.5 Å². The van der Waals surface area contributed by atoms with Crippen LogP contribution in [0.3, 0.4) is 0 Å². The van der Waals surface area contributed by atoms with Crippen molar-refractivity contribution in [3.63, 3.8) is 0 Å². The van der Waals surface area contributed by atoms with Crippen LogP contribution in [0.4, 0.5) is 0 Å². The van der Waals surface area contributed by atoms with E-state index in [0.29, 0.717) is 10.9 Å². The van der Waals surface area contributed by atoms with Gasteiger partial charge in [0.05, 0.1) is 7.11 Å². The Balaban J connectivity index is 2.61. The number of ether oxygens (including phenoxy) is 1. The first-order valence-electron chi connectivity index (χ1n) is 6.33. The Morgan fingerprint density at radius 1 is 1.42 bits per heavy atom. The predicted molar refractivity (Wildman–Crippen MR) is 76.3 cm³/mol. The lowest BCUT2D eigenvalue weighted by Gasteiger charge is -2.15. The molecule has 0 aliphatic carbocycles. The van der Waals surface area contributed by atoms with E-state index in [2.05, 4.69) is 22.2 Å². The summed E-state index contributed by atoms with van der Waals surface area (Å²) in [6, 6.07) is 1.61. The van der Waals surface area contributed by atoms with Crippen LogP contribution in [-0.2, 0) is 9.53 Å². The van der Waals surface area contributed by atoms with Crippen LogP contribution in [0.2, 0.25) is 0 Å². The SMILES string of the molecule is CCCNC(CSc1nc(C)cc(C)n1)C(=O)OC. The minimum Gasteiger partial charge on any atom is -0.468 e. The molecule has 1 heterocycles. The number of nitrogens with one attached hydrogen (secondary N) is 1. The van der Waals surface area contributed by atoms with Crippen LogP contribution in [0.15, 0.2) is 11.2 Å². The van der Waals surface area contributed by atoms with Crippen LogP contribution in [0.1, 0.15) is 24.7 Å². The van der Waals surface area contributed by atoms with Gasteiger partial charge in [-0.3, -0.25) is 4.79 Å². The zero-order valence-electron chi connectivity index (χ0n) is 11.9. The van der Waals surface area contributed by atoms with Gasteiger partial charge in [-0.05, 0) is 32.9 Å². The minimum atomic E-state index is -0.320. The standard InChI is InChI=1S/C13H21N3O2S/c1-5-6-14-11(12(17)18-4)8-19-13-15-9(2)7-10(3)16-13/h7,11,14H,5-6,8H2,1-4H3. The molecule has 0 saturated carbocycles. The van der Waals surface area contributed by atoms with Gasteiger partial charge in [-0.2, -0.15) is 0 Å². The first-order valence-corrected chi connectivity index (χ1v) is 7.31. The van der Waals surface area contributed by atoms with Gasteiger partial charge in [-0.25, -0.2) is 9.97 Å². The van der Waals surface area contributed by atoms with Crippen molar-refractivity contribution in [3.8, 4) is 0 Å². The van der Waals surface area contributed by atoms with Gasteiger partial charge >= 0.3 is 5.97 Å². The van der Waals surface area contributed by atoms with E-state index in [1.54, 1.807) is 0 Å². The van der Waals surface area contributed by atoms with Gasteiger partial charge in [-0.1, -0.05) is 18.7 Å². The van der Waals surface area contributed by atoms with Crippen LogP contribution in [-0.4, -0.2) is 41.4 Å². The van der Waals surface area contributed by atoms with E-state index in [1.807, 2.05) is 19.9 Å². The van der Waals surface area contributed by atoms with Gasteiger partial charge in [-0.15, -0.1) is 0 Å². The third-order valence-electron chi connectivity index (χ3n) is 2.47. The molecule has 0 fully saturated rings. The third-order valence-corrected chi connectivity index (χ3v) is 3.41. The summed E-state index contributed by atoms with van der Waals surface area (Å²) in [5.41, 5.74) is 1.87. The van der Waals surface area contributed by atoms with Gasteiger partial charge in [0.25, 0.3) is 0 Å². The van der Waals surface area contributed by atoms with E-state index in [9.17, 15) is 4.79 Å². The Kier molecular flexibility index (Phi) is 6.80. The highest BCUT2D eigenvalue weighted by molar-refractivity contribution is 7.99. The molecule has 1 unspecified atom stereocenters. The van der Waals surface area contributed by atoms with Crippen molar-refractivity contribution in [1.82, 2.24) is 15.3 Å². The normalized spacial score (nSPS) is 12.2. The van der Waals surface area contributed by atoms with E-state index in [-0.39, 0.29) is 12.0 Å². The molecule has 0 aliphatic heterocycles. The van der Waals surface area contributed by atoms with Crippen LogP contribution in [0, 0.1) is 13.8 Å². The highest BCUT2D eigenvalue weighted by Crippen LogP contribution is 2.15. The summed E-state index contributed by atoms with van der Waals surface area (Å²) in [5, 5.41) is 3.87. The molecule has 19 heavy (non-hydrogen) atoms. The summed E-state index contributed by atoms with van der Waals surface area (Å²) in [5.74, 6) is 0.320. The van der Waals surface area contributed by atoms with Crippen molar-refractivity contribution < 1.29 is 9.53 Å². The highest BCUT2D eigenvalue weighted by Gasteiger charge is 2.19. The maximum absolute atomic E-state index is 11.6. The van der Waals surface area contributed by atoms with E-state index < -0.39 is 0 Å². The summed E-state index contributed by atoms with van der Waals surface area (Å²) < 4.78 is 4.79. The highest BCUT2D eigenvalue weighted by atomic mass is 32.2. The largest absolute Gasteiger partial charge is 0.468 e. The Bertz CT molecular complexity index is 406. The second kappa shape index (κ2) is 8.12. The molecular formula is C13H21N3O2S. The fourth-order valence-electron chi connectivity index (χ4n) is 1.59. The number of rotatable bonds is 7. The summed E-state index contributed by atoms with van der Waals surface area (Å²) in [6.07, 6.45) is 0.970. The van der Waals surface area contributed by atoms with Crippen molar-refractivity contribution in [2.24, 2.45) is 0 Å². The molecule has 1 N–H and O–H groups in total. The first kappa shape index (κ1) is 15.9. The maximum Gasteiger partial charge on any atom is 0.323 e. The third kappa shape index (κ3) is 5.57. The minimum absolute atomic E-state index is 0.245. The number of aromatic nitrogens is 2. The maximum atomic E-state index is 11.6. The Morgan fingerprint density at radius 2 is 2.05 bits per heavy atom. The predicted octanol–water partition coefficient (Wildman–Crippen LogP) is 1.73. The Morgan fingerprint density at radius 3 is 2.58 bits per heavy atom. The molecule has 5 nitrogen and oxygen atoms in total. The average Bonchev–Trinajstić information content (AvgIpc) is 2.37. The monoisotopic (exact) mass is 283 g/mol. The number of esters is 1. The second-order valence-electron chi connectivity index (χ2n) is 4.27. The number of hydrogen-bond acceptors (Lipinski definition) is 6. The van der Waals surface area contributed by atoms with Crippen LogP contribution in [0.5, 0.6) is 0 Å². The molecule has 0 aromatic carbocycles. The van der Waals surface area contributed by atoms with Crippen molar-refractivity contribution >= 4 is 17.7 Å². The van der Waals surface area contributed by atoms with Crippen molar-refractivity contribution in [2.75, 3.05) is 19.4 Å². The molecule has 106 valence electrons. The topological polar surface area (TPSA) is 64.1 Å². The molecule has 1 rings (SSSR count). The summed E-state index contributed by atoms with van der Waals surface area (Å²) in [7, 11) is 1.40. The molecule has 0 spiro atoms. The lowest BCUT2D eigenvalue weighted by Crippen LogP contribution is -2.40. The van der Waals surface area contributed by atoms with Gasteiger partial charge in [0.2, 0.25) is 0 Å². The Labute approximate surface area is 118 Å². The molecule has 0 saturated heterocycles. The number of carbonyl (C=O) groups is 1. The average molecular weight is 283 g/mol. The lowest BCUT2D eigenvalue weighted by molar-refractivity contribution is -0.142. The number of nitrogens with zero attached hydrogens (tertiary/aromatic N) is 2. The number of carbonyl (C=O) groups excluding carboxylic acids is 1. The zero-order chi connectivity index (χ0) is 14.3. The van der Waals surface area contributed by atoms with Gasteiger partial charge in [0.1, 0.15) is 6.04 Å². The van der Waals surface area contributed by atoms with E-state index >= 15 is 0 Å². The van der Waals surface area contributed by atoms with Crippen molar-refractivity contribution in [2.45, 2.75) is 38.4 Å². The number of aryl methyl sites for hydroxylation is 2. The zero-order valence-corrected chi connectivity index (χ0v) is 12.7.